The molecule has 0 fully saturated rings. The van der Waals surface area contributed by atoms with Gasteiger partial charge in [-0.25, -0.2) is 4.68 Å². The molecule has 1 N–H and O–H groups in total. The van der Waals surface area contributed by atoms with Gasteiger partial charge in [0, 0.05) is 23.5 Å². The fourth-order valence-corrected chi connectivity index (χ4v) is 2.89. The number of hydrogen-bond acceptors (Lipinski definition) is 5. The first kappa shape index (κ1) is 18.4. The molecule has 29 heavy (non-hydrogen) atoms. The Morgan fingerprint density at radius 2 is 1.93 bits per heavy atom. The maximum Gasteiger partial charge on any atom is 0.274 e. The van der Waals surface area contributed by atoms with Gasteiger partial charge in [-0.05, 0) is 23.8 Å². The summed E-state index contributed by atoms with van der Waals surface area (Å²) in [6.45, 7) is 0.645. The highest BCUT2D eigenvalue weighted by Crippen LogP contribution is 2.21. The maximum atomic E-state index is 12.5. The molecule has 0 aliphatic carbocycles. The van der Waals surface area contributed by atoms with Gasteiger partial charge in [0.2, 0.25) is 0 Å². The van der Waals surface area contributed by atoms with Gasteiger partial charge in [-0.15, -0.1) is 5.10 Å². The lowest BCUT2D eigenvalue weighted by atomic mass is 10.1. The fraction of sp³-hybridized carbons (Fsp3) is 0.0909. The largest absolute Gasteiger partial charge is 0.497 e. The average molecular weight is 385 g/mol. The zero-order valence-corrected chi connectivity index (χ0v) is 15.8. The normalized spacial score (nSPS) is 10.5. The predicted molar refractivity (Wildman–Crippen MR) is 110 cm³/mol. The van der Waals surface area contributed by atoms with Gasteiger partial charge in [0.15, 0.2) is 0 Å². The van der Waals surface area contributed by atoms with Crippen LogP contribution in [0.3, 0.4) is 0 Å². The van der Waals surface area contributed by atoms with E-state index in [1.54, 1.807) is 23.9 Å². The molecule has 144 valence electrons. The van der Waals surface area contributed by atoms with E-state index in [9.17, 15) is 4.79 Å². The third kappa shape index (κ3) is 4.47. The molecule has 0 radical (unpaired) electrons. The van der Waals surface area contributed by atoms with Gasteiger partial charge in [-0.1, -0.05) is 47.7 Å². The van der Waals surface area contributed by atoms with Gasteiger partial charge in [-0.2, -0.15) is 0 Å². The molecular weight excluding hydrogens is 366 g/mol. The summed E-state index contributed by atoms with van der Waals surface area (Å²) in [6.07, 6.45) is 3.42. The Morgan fingerprint density at radius 1 is 1.07 bits per heavy atom. The van der Waals surface area contributed by atoms with E-state index in [4.69, 9.17) is 4.74 Å². The molecule has 2 aromatic carbocycles. The van der Waals surface area contributed by atoms with Crippen molar-refractivity contribution in [2.45, 2.75) is 6.54 Å². The number of carbonyl (C=O) groups excluding carboxylic acids is 1. The zero-order chi connectivity index (χ0) is 20.1. The van der Waals surface area contributed by atoms with Crippen molar-refractivity contribution < 1.29 is 9.53 Å². The van der Waals surface area contributed by atoms with E-state index >= 15 is 0 Å². The van der Waals surface area contributed by atoms with Crippen molar-refractivity contribution in [1.29, 1.82) is 0 Å². The second-order valence-electron chi connectivity index (χ2n) is 6.40. The van der Waals surface area contributed by atoms with Crippen LogP contribution >= 0.6 is 0 Å². The highest BCUT2D eigenvalue weighted by atomic mass is 16.5. The van der Waals surface area contributed by atoms with E-state index in [2.05, 4.69) is 20.6 Å². The first-order valence-corrected chi connectivity index (χ1v) is 9.07. The molecule has 2 heterocycles. The van der Waals surface area contributed by atoms with Crippen LogP contribution in [-0.2, 0) is 6.54 Å². The van der Waals surface area contributed by atoms with E-state index in [1.165, 1.54) is 6.20 Å². The fourth-order valence-electron chi connectivity index (χ4n) is 2.89. The summed E-state index contributed by atoms with van der Waals surface area (Å²) in [5, 5.41) is 11.3. The summed E-state index contributed by atoms with van der Waals surface area (Å²) in [5.74, 6) is 0.266. The van der Waals surface area contributed by atoms with Crippen LogP contribution in [0.2, 0.25) is 0 Å². The molecule has 7 nitrogen and oxygen atoms in total. The van der Waals surface area contributed by atoms with Crippen molar-refractivity contribution in [2.24, 2.45) is 0 Å². The van der Waals surface area contributed by atoms with Gasteiger partial charge >= 0.3 is 0 Å². The molecule has 0 saturated carbocycles. The van der Waals surface area contributed by atoms with Crippen molar-refractivity contribution in [3.8, 4) is 17.0 Å². The first-order valence-electron chi connectivity index (χ1n) is 9.07. The minimum Gasteiger partial charge on any atom is -0.497 e. The number of nitrogens with one attached hydrogen (secondary N) is 1. The number of pyridine rings is 1. The minimum absolute atomic E-state index is 0.281. The molecule has 4 rings (SSSR count). The van der Waals surface area contributed by atoms with Crippen molar-refractivity contribution in [2.75, 3.05) is 12.4 Å². The maximum absolute atomic E-state index is 12.5. The number of benzene rings is 2. The van der Waals surface area contributed by atoms with Crippen LogP contribution in [-0.4, -0.2) is 33.0 Å². The van der Waals surface area contributed by atoms with Crippen molar-refractivity contribution >= 4 is 11.6 Å². The summed E-state index contributed by atoms with van der Waals surface area (Å²) >= 11 is 0. The molecule has 1 amide bonds. The zero-order valence-electron chi connectivity index (χ0n) is 15.8. The second kappa shape index (κ2) is 8.35. The SMILES string of the molecule is COc1ccnc(C(=O)Nc2cccc(-c3cn(Cc4ccccc4)nn3)c2)c1. The summed E-state index contributed by atoms with van der Waals surface area (Å²) in [4.78, 5) is 16.6. The molecule has 0 aliphatic rings. The monoisotopic (exact) mass is 385 g/mol. The Bertz CT molecular complexity index is 1120. The van der Waals surface area contributed by atoms with Gasteiger partial charge in [0.25, 0.3) is 5.91 Å². The Morgan fingerprint density at radius 3 is 2.76 bits per heavy atom. The third-order valence-electron chi connectivity index (χ3n) is 4.34. The minimum atomic E-state index is -0.311. The third-order valence-corrected chi connectivity index (χ3v) is 4.34. The lowest BCUT2D eigenvalue weighted by molar-refractivity contribution is 0.102. The lowest BCUT2D eigenvalue weighted by Crippen LogP contribution is -2.13. The van der Waals surface area contributed by atoms with Gasteiger partial charge in [0.05, 0.1) is 19.9 Å². The summed E-state index contributed by atoms with van der Waals surface area (Å²) in [5.41, 5.74) is 3.67. The van der Waals surface area contributed by atoms with Crippen molar-refractivity contribution in [3.05, 3.63) is 90.4 Å². The molecule has 0 bridgehead atoms. The van der Waals surface area contributed by atoms with Crippen molar-refractivity contribution in [1.82, 2.24) is 20.0 Å². The van der Waals surface area contributed by atoms with Gasteiger partial charge in [0.1, 0.15) is 17.1 Å². The molecular formula is C22H19N5O2. The van der Waals surface area contributed by atoms with Crippen LogP contribution in [0.25, 0.3) is 11.3 Å². The number of amides is 1. The number of aromatic nitrogens is 4. The van der Waals surface area contributed by atoms with Crippen LogP contribution in [0, 0.1) is 0 Å². The van der Waals surface area contributed by atoms with Crippen LogP contribution in [0.1, 0.15) is 16.1 Å². The number of methoxy groups -OCH3 is 1. The Balaban J connectivity index is 1.49. The highest BCUT2D eigenvalue weighted by molar-refractivity contribution is 6.03. The van der Waals surface area contributed by atoms with Crippen LogP contribution in [0.5, 0.6) is 5.75 Å². The predicted octanol–water partition coefficient (Wildman–Crippen LogP) is 3.65. The van der Waals surface area contributed by atoms with Gasteiger partial charge in [-0.3, -0.25) is 9.78 Å². The number of carbonyl (C=O) groups is 1. The quantitative estimate of drug-likeness (QED) is 0.548. The van der Waals surface area contributed by atoms with E-state index in [0.717, 1.165) is 16.8 Å². The molecule has 0 spiro atoms. The smallest absolute Gasteiger partial charge is 0.274 e. The van der Waals surface area contributed by atoms with E-state index in [1.807, 2.05) is 60.8 Å². The Labute approximate surface area is 168 Å². The highest BCUT2D eigenvalue weighted by Gasteiger charge is 2.10. The van der Waals surface area contributed by atoms with E-state index in [-0.39, 0.29) is 11.6 Å². The average Bonchev–Trinajstić information content (AvgIpc) is 3.23. The topological polar surface area (TPSA) is 81.9 Å². The van der Waals surface area contributed by atoms with Crippen LogP contribution in [0.15, 0.2) is 79.1 Å². The first-order chi connectivity index (χ1) is 14.2. The second-order valence-corrected chi connectivity index (χ2v) is 6.40. The van der Waals surface area contributed by atoms with E-state index < -0.39 is 0 Å². The molecule has 2 aromatic heterocycles. The Hall–Kier alpha value is -4.00. The number of anilines is 1. The van der Waals surface area contributed by atoms with Crippen molar-refractivity contribution in [3.63, 3.8) is 0 Å². The lowest BCUT2D eigenvalue weighted by Gasteiger charge is -2.07. The van der Waals surface area contributed by atoms with Gasteiger partial charge < -0.3 is 10.1 Å². The summed E-state index contributed by atoms with van der Waals surface area (Å²) < 4.78 is 6.93. The summed E-state index contributed by atoms with van der Waals surface area (Å²) in [6, 6.07) is 20.8. The molecule has 0 aliphatic heterocycles. The number of rotatable bonds is 6. The molecule has 0 unspecified atom stereocenters. The van der Waals surface area contributed by atoms with Crippen LogP contribution < -0.4 is 10.1 Å². The number of ether oxygens (including phenoxy) is 1. The summed E-state index contributed by atoms with van der Waals surface area (Å²) in [7, 11) is 1.55. The number of hydrogen-bond donors (Lipinski definition) is 1. The Kier molecular flexibility index (Phi) is 5.29. The molecule has 0 saturated heterocycles. The standard InChI is InChI=1S/C22H19N5O2/c1-29-19-10-11-23-20(13-19)22(28)24-18-9-5-8-17(12-18)21-15-27(26-25-21)14-16-6-3-2-4-7-16/h2-13,15H,14H2,1H3,(H,24,28). The van der Waals surface area contributed by atoms with Crippen LogP contribution in [0.4, 0.5) is 5.69 Å². The molecule has 7 heteroatoms. The molecule has 4 aromatic rings. The molecule has 0 atom stereocenters. The number of nitrogens with zero attached hydrogens (tertiary/aromatic N) is 4. The van der Waals surface area contributed by atoms with E-state index in [0.29, 0.717) is 18.0 Å².